The summed E-state index contributed by atoms with van der Waals surface area (Å²) in [7, 11) is 1.71. The summed E-state index contributed by atoms with van der Waals surface area (Å²) in [5.74, 6) is 2.57. The third-order valence-corrected chi connectivity index (χ3v) is 5.21. The molecule has 1 N–H and O–H groups in total. The lowest BCUT2D eigenvalue weighted by Crippen LogP contribution is -2.21. The molecule has 3 rings (SSSR count). The van der Waals surface area contributed by atoms with E-state index >= 15 is 0 Å². The summed E-state index contributed by atoms with van der Waals surface area (Å²) >= 11 is 0. The van der Waals surface area contributed by atoms with Gasteiger partial charge in [0.15, 0.2) is 0 Å². The number of ether oxygens (including phenoxy) is 1. The molecular formula is C20H27NO. The summed E-state index contributed by atoms with van der Waals surface area (Å²) < 4.78 is 5.28. The first-order valence-electron chi connectivity index (χ1n) is 8.45. The number of dihydropyridines is 1. The number of hydrogen-bond acceptors (Lipinski definition) is 2. The Hall–Kier alpha value is -1.70. The molecule has 1 aromatic carbocycles. The number of nitrogens with one attached hydrogen (secondary N) is 1. The lowest BCUT2D eigenvalue weighted by atomic mass is 9.79. The van der Waals surface area contributed by atoms with Gasteiger partial charge in [-0.05, 0) is 54.4 Å². The van der Waals surface area contributed by atoms with E-state index in [0.29, 0.717) is 0 Å². The van der Waals surface area contributed by atoms with Crippen molar-refractivity contribution in [1.82, 2.24) is 5.32 Å². The molecule has 1 aliphatic carbocycles. The largest absolute Gasteiger partial charge is 0.495 e. The summed E-state index contributed by atoms with van der Waals surface area (Å²) in [5.41, 5.74) is 4.13. The first-order chi connectivity index (χ1) is 10.7. The fourth-order valence-electron chi connectivity index (χ4n) is 3.68. The third-order valence-electron chi connectivity index (χ3n) is 5.21. The Kier molecular flexibility index (Phi) is 4.56. The van der Waals surface area contributed by atoms with Crippen molar-refractivity contribution in [3.63, 3.8) is 0 Å². The molecule has 0 aromatic heterocycles. The highest BCUT2D eigenvalue weighted by atomic mass is 16.5. The summed E-state index contributed by atoms with van der Waals surface area (Å²) in [6, 6.07) is 9.50. The van der Waals surface area contributed by atoms with Crippen LogP contribution in [0.5, 0.6) is 0 Å². The number of benzene rings is 1. The van der Waals surface area contributed by atoms with Gasteiger partial charge in [0.1, 0.15) is 5.76 Å². The van der Waals surface area contributed by atoms with Crippen molar-refractivity contribution in [1.29, 1.82) is 0 Å². The standard InChI is InChI=1S/C20H27NO/c1-14-4-6-16(7-5-14)17-8-10-18(11-9-17)20-15(2)12-19(22-3)13-21-20/h8-14,16,20-21H,4-7H2,1-3H3. The zero-order chi connectivity index (χ0) is 15.5. The van der Waals surface area contributed by atoms with E-state index in [2.05, 4.69) is 49.5 Å². The second kappa shape index (κ2) is 6.60. The van der Waals surface area contributed by atoms with Crippen LogP contribution in [0.15, 0.2) is 47.9 Å². The molecular weight excluding hydrogens is 270 g/mol. The zero-order valence-corrected chi connectivity index (χ0v) is 13.9. The average molecular weight is 297 g/mol. The fourth-order valence-corrected chi connectivity index (χ4v) is 3.68. The molecule has 0 saturated heterocycles. The molecule has 1 saturated carbocycles. The van der Waals surface area contributed by atoms with E-state index in [4.69, 9.17) is 4.74 Å². The summed E-state index contributed by atoms with van der Waals surface area (Å²) in [5, 5.41) is 3.44. The van der Waals surface area contributed by atoms with Crippen LogP contribution in [0.2, 0.25) is 0 Å². The molecule has 1 fully saturated rings. The Morgan fingerprint density at radius 1 is 1.00 bits per heavy atom. The maximum absolute atomic E-state index is 5.28. The summed E-state index contributed by atoms with van der Waals surface area (Å²) in [6.07, 6.45) is 9.51. The molecule has 0 spiro atoms. The molecule has 22 heavy (non-hydrogen) atoms. The molecule has 1 aromatic rings. The van der Waals surface area contributed by atoms with Crippen LogP contribution in [0.4, 0.5) is 0 Å². The number of allylic oxidation sites excluding steroid dienone is 1. The Morgan fingerprint density at radius 2 is 1.64 bits per heavy atom. The molecule has 1 unspecified atom stereocenters. The number of methoxy groups -OCH3 is 1. The van der Waals surface area contributed by atoms with Crippen LogP contribution in [0, 0.1) is 5.92 Å². The highest BCUT2D eigenvalue weighted by molar-refractivity contribution is 5.36. The van der Waals surface area contributed by atoms with Crippen molar-refractivity contribution in [2.45, 2.75) is 51.5 Å². The van der Waals surface area contributed by atoms with Crippen LogP contribution in [0.3, 0.4) is 0 Å². The Bertz CT molecular complexity index is 562. The van der Waals surface area contributed by atoms with E-state index in [0.717, 1.165) is 17.6 Å². The van der Waals surface area contributed by atoms with Crippen molar-refractivity contribution in [3.05, 3.63) is 59.0 Å². The lowest BCUT2D eigenvalue weighted by Gasteiger charge is -2.27. The van der Waals surface area contributed by atoms with Crippen molar-refractivity contribution < 1.29 is 4.74 Å². The van der Waals surface area contributed by atoms with Gasteiger partial charge in [0, 0.05) is 6.20 Å². The molecule has 2 nitrogen and oxygen atoms in total. The van der Waals surface area contributed by atoms with Crippen LogP contribution in [0.25, 0.3) is 0 Å². The molecule has 0 amide bonds. The van der Waals surface area contributed by atoms with E-state index in [1.165, 1.54) is 42.4 Å². The van der Waals surface area contributed by atoms with Crippen molar-refractivity contribution >= 4 is 0 Å². The molecule has 1 atom stereocenters. The van der Waals surface area contributed by atoms with Crippen LogP contribution in [-0.2, 0) is 4.74 Å². The van der Waals surface area contributed by atoms with Gasteiger partial charge in [-0.15, -0.1) is 0 Å². The first kappa shape index (κ1) is 15.2. The monoisotopic (exact) mass is 297 g/mol. The van der Waals surface area contributed by atoms with E-state index in [1.54, 1.807) is 7.11 Å². The van der Waals surface area contributed by atoms with Gasteiger partial charge in [-0.1, -0.05) is 44.0 Å². The predicted molar refractivity (Wildman–Crippen MR) is 91.5 cm³/mol. The Balaban J connectivity index is 1.70. The zero-order valence-electron chi connectivity index (χ0n) is 13.9. The molecule has 2 aliphatic rings. The second-order valence-corrected chi connectivity index (χ2v) is 6.86. The topological polar surface area (TPSA) is 21.3 Å². The van der Waals surface area contributed by atoms with Gasteiger partial charge in [0.2, 0.25) is 0 Å². The second-order valence-electron chi connectivity index (χ2n) is 6.86. The smallest absolute Gasteiger partial charge is 0.134 e. The van der Waals surface area contributed by atoms with Crippen molar-refractivity contribution in [3.8, 4) is 0 Å². The van der Waals surface area contributed by atoms with Crippen LogP contribution in [-0.4, -0.2) is 7.11 Å². The van der Waals surface area contributed by atoms with Gasteiger partial charge in [0.05, 0.1) is 13.2 Å². The van der Waals surface area contributed by atoms with E-state index in [1.807, 2.05) is 6.20 Å². The van der Waals surface area contributed by atoms with Gasteiger partial charge in [-0.3, -0.25) is 0 Å². The van der Waals surface area contributed by atoms with Crippen molar-refractivity contribution in [2.75, 3.05) is 7.11 Å². The highest BCUT2D eigenvalue weighted by Crippen LogP contribution is 2.36. The summed E-state index contributed by atoms with van der Waals surface area (Å²) in [4.78, 5) is 0. The molecule has 1 heterocycles. The molecule has 1 aliphatic heterocycles. The van der Waals surface area contributed by atoms with Gasteiger partial charge in [-0.25, -0.2) is 0 Å². The molecule has 118 valence electrons. The normalized spacial score (nSPS) is 28.4. The maximum Gasteiger partial charge on any atom is 0.134 e. The Morgan fingerprint density at radius 3 is 2.23 bits per heavy atom. The van der Waals surface area contributed by atoms with Crippen LogP contribution in [0.1, 0.15) is 62.6 Å². The van der Waals surface area contributed by atoms with Gasteiger partial charge >= 0.3 is 0 Å². The minimum atomic E-state index is 0.263. The Labute approximate surface area is 134 Å². The van der Waals surface area contributed by atoms with Crippen LogP contribution < -0.4 is 5.32 Å². The minimum absolute atomic E-state index is 0.263. The van der Waals surface area contributed by atoms with Gasteiger partial charge in [0.25, 0.3) is 0 Å². The number of hydrogen-bond donors (Lipinski definition) is 1. The fraction of sp³-hybridized carbons (Fsp3) is 0.500. The molecule has 0 bridgehead atoms. The first-order valence-corrected chi connectivity index (χ1v) is 8.45. The quantitative estimate of drug-likeness (QED) is 0.842. The maximum atomic E-state index is 5.28. The van der Waals surface area contributed by atoms with Crippen LogP contribution >= 0.6 is 0 Å². The summed E-state index contributed by atoms with van der Waals surface area (Å²) in [6.45, 7) is 4.53. The van der Waals surface area contributed by atoms with Crippen molar-refractivity contribution in [2.24, 2.45) is 5.92 Å². The molecule has 2 heteroatoms. The van der Waals surface area contributed by atoms with Gasteiger partial charge in [-0.2, -0.15) is 0 Å². The van der Waals surface area contributed by atoms with E-state index in [9.17, 15) is 0 Å². The average Bonchev–Trinajstić information content (AvgIpc) is 2.56. The third kappa shape index (κ3) is 3.21. The predicted octanol–water partition coefficient (Wildman–Crippen LogP) is 5.06. The minimum Gasteiger partial charge on any atom is -0.495 e. The lowest BCUT2D eigenvalue weighted by molar-refractivity contribution is 0.299. The SMILES string of the molecule is COC1=CNC(c2ccc(C3CCC(C)CC3)cc2)C(C)=C1. The molecule has 0 radical (unpaired) electrons. The van der Waals surface area contributed by atoms with E-state index in [-0.39, 0.29) is 6.04 Å². The highest BCUT2D eigenvalue weighted by Gasteiger charge is 2.21. The van der Waals surface area contributed by atoms with E-state index < -0.39 is 0 Å². The van der Waals surface area contributed by atoms with Gasteiger partial charge < -0.3 is 10.1 Å². The number of rotatable bonds is 3.